The average molecular weight is 303 g/mol. The van der Waals surface area contributed by atoms with Gasteiger partial charge in [-0.15, -0.1) is 11.3 Å². The van der Waals surface area contributed by atoms with Crippen molar-refractivity contribution in [2.24, 2.45) is 0 Å². The molecule has 1 aromatic heterocycles. The minimum Gasteiger partial charge on any atom is -0.477 e. The Balaban J connectivity index is 1.92. The quantitative estimate of drug-likeness (QED) is 0.892. The Hall–Kier alpha value is -2.14. The summed E-state index contributed by atoms with van der Waals surface area (Å²) in [5.74, 6) is -0.998. The van der Waals surface area contributed by atoms with E-state index in [0.29, 0.717) is 13.0 Å². The molecule has 2 rings (SSSR count). The van der Waals surface area contributed by atoms with Gasteiger partial charge in [0.1, 0.15) is 4.88 Å². The highest BCUT2D eigenvalue weighted by molar-refractivity contribution is 7.13. The summed E-state index contributed by atoms with van der Waals surface area (Å²) in [5.41, 5.74) is 3.25. The Morgan fingerprint density at radius 2 is 1.95 bits per heavy atom. The zero-order valence-electron chi connectivity index (χ0n) is 12.0. The molecule has 0 saturated heterocycles. The molecule has 0 unspecified atom stereocenters. The summed E-state index contributed by atoms with van der Waals surface area (Å²) >= 11 is 1.18. The summed E-state index contributed by atoms with van der Waals surface area (Å²) in [7, 11) is 0. The van der Waals surface area contributed by atoms with Crippen LogP contribution in [0, 0.1) is 13.8 Å². The molecule has 5 heteroatoms. The number of carboxylic acid groups (broad SMARTS) is 1. The number of hydrogen-bond acceptors (Lipinski definition) is 3. The van der Waals surface area contributed by atoms with Crippen molar-refractivity contribution in [2.45, 2.75) is 26.8 Å². The summed E-state index contributed by atoms with van der Waals surface area (Å²) in [6.45, 7) is 4.35. The standard InChI is InChI=1S/C16H17NO3S/c1-10-3-4-11(2)12(7-10)8-15(18)17-9-13-5-6-14(21-13)16(19)20/h3-7H,8-9H2,1-2H3,(H,17,18)(H,19,20). The third-order valence-corrected chi connectivity index (χ3v) is 4.26. The molecule has 0 atom stereocenters. The first-order chi connectivity index (χ1) is 9.95. The number of nitrogens with one attached hydrogen (secondary N) is 1. The Labute approximate surface area is 127 Å². The summed E-state index contributed by atoms with van der Waals surface area (Å²) in [6, 6.07) is 9.33. The molecule has 1 heterocycles. The fourth-order valence-electron chi connectivity index (χ4n) is 2.00. The van der Waals surface area contributed by atoms with Crippen LogP contribution in [0.3, 0.4) is 0 Å². The molecule has 0 bridgehead atoms. The third-order valence-electron chi connectivity index (χ3n) is 3.19. The first kappa shape index (κ1) is 15.3. The third kappa shape index (κ3) is 4.16. The average Bonchev–Trinajstić information content (AvgIpc) is 2.90. The van der Waals surface area contributed by atoms with Crippen molar-refractivity contribution < 1.29 is 14.7 Å². The number of carbonyl (C=O) groups is 2. The van der Waals surface area contributed by atoms with Gasteiger partial charge in [-0.25, -0.2) is 4.79 Å². The monoisotopic (exact) mass is 303 g/mol. The number of aromatic carboxylic acids is 1. The minimum absolute atomic E-state index is 0.0611. The van der Waals surface area contributed by atoms with Crippen LogP contribution in [-0.4, -0.2) is 17.0 Å². The van der Waals surface area contributed by atoms with E-state index in [1.54, 1.807) is 12.1 Å². The predicted molar refractivity (Wildman–Crippen MR) is 82.7 cm³/mol. The summed E-state index contributed by atoms with van der Waals surface area (Å²) in [4.78, 5) is 23.9. The number of hydrogen-bond donors (Lipinski definition) is 2. The lowest BCUT2D eigenvalue weighted by atomic mass is 10.0. The van der Waals surface area contributed by atoms with E-state index in [-0.39, 0.29) is 10.8 Å². The van der Waals surface area contributed by atoms with Crippen molar-refractivity contribution in [3.8, 4) is 0 Å². The molecule has 1 aromatic carbocycles. The predicted octanol–water partition coefficient (Wildman–Crippen LogP) is 2.92. The van der Waals surface area contributed by atoms with Crippen LogP contribution in [0.15, 0.2) is 30.3 Å². The maximum Gasteiger partial charge on any atom is 0.345 e. The Morgan fingerprint density at radius 3 is 2.62 bits per heavy atom. The van der Waals surface area contributed by atoms with Crippen molar-refractivity contribution >= 4 is 23.2 Å². The Morgan fingerprint density at radius 1 is 1.19 bits per heavy atom. The normalized spacial score (nSPS) is 10.4. The van der Waals surface area contributed by atoms with Crippen LogP contribution in [0.25, 0.3) is 0 Å². The molecule has 0 fully saturated rings. The number of benzene rings is 1. The van der Waals surface area contributed by atoms with Crippen molar-refractivity contribution in [3.63, 3.8) is 0 Å². The molecule has 0 aliphatic carbocycles. The highest BCUT2D eigenvalue weighted by Gasteiger charge is 2.09. The van der Waals surface area contributed by atoms with Gasteiger partial charge in [-0.1, -0.05) is 23.8 Å². The van der Waals surface area contributed by atoms with Gasteiger partial charge >= 0.3 is 5.97 Å². The molecule has 4 nitrogen and oxygen atoms in total. The van der Waals surface area contributed by atoms with Crippen LogP contribution in [0.1, 0.15) is 31.2 Å². The number of rotatable bonds is 5. The molecule has 2 aromatic rings. The Kier molecular flexibility index (Phi) is 4.75. The van der Waals surface area contributed by atoms with Gasteiger partial charge < -0.3 is 10.4 Å². The molecule has 110 valence electrons. The van der Waals surface area contributed by atoms with Crippen LogP contribution in [0.5, 0.6) is 0 Å². The topological polar surface area (TPSA) is 66.4 Å². The van der Waals surface area contributed by atoms with Gasteiger partial charge in [-0.3, -0.25) is 4.79 Å². The van der Waals surface area contributed by atoms with Gasteiger partial charge in [-0.2, -0.15) is 0 Å². The zero-order chi connectivity index (χ0) is 15.4. The van der Waals surface area contributed by atoms with E-state index in [2.05, 4.69) is 5.32 Å². The van der Waals surface area contributed by atoms with Gasteiger partial charge in [0, 0.05) is 4.88 Å². The highest BCUT2D eigenvalue weighted by atomic mass is 32.1. The first-order valence-corrected chi connectivity index (χ1v) is 7.42. The second-order valence-corrected chi connectivity index (χ2v) is 6.12. The fourth-order valence-corrected chi connectivity index (χ4v) is 2.79. The molecular formula is C16H17NO3S. The van der Waals surface area contributed by atoms with Gasteiger partial charge in [0.05, 0.1) is 13.0 Å². The van der Waals surface area contributed by atoms with E-state index < -0.39 is 5.97 Å². The van der Waals surface area contributed by atoms with Gasteiger partial charge in [0.15, 0.2) is 0 Å². The van der Waals surface area contributed by atoms with E-state index >= 15 is 0 Å². The van der Waals surface area contributed by atoms with E-state index in [4.69, 9.17) is 5.11 Å². The molecular weight excluding hydrogens is 286 g/mol. The number of carbonyl (C=O) groups excluding carboxylic acids is 1. The lowest BCUT2D eigenvalue weighted by Gasteiger charge is -2.07. The molecule has 1 amide bonds. The molecule has 21 heavy (non-hydrogen) atoms. The second-order valence-electron chi connectivity index (χ2n) is 4.95. The summed E-state index contributed by atoms with van der Waals surface area (Å²) < 4.78 is 0. The largest absolute Gasteiger partial charge is 0.477 e. The van der Waals surface area contributed by atoms with Crippen LogP contribution in [-0.2, 0) is 17.8 Å². The van der Waals surface area contributed by atoms with Gasteiger partial charge in [0.2, 0.25) is 5.91 Å². The van der Waals surface area contributed by atoms with Gasteiger partial charge in [-0.05, 0) is 37.1 Å². The van der Waals surface area contributed by atoms with Gasteiger partial charge in [0.25, 0.3) is 0 Å². The zero-order valence-corrected chi connectivity index (χ0v) is 12.8. The summed E-state index contributed by atoms with van der Waals surface area (Å²) in [6.07, 6.45) is 0.338. The minimum atomic E-state index is -0.937. The van der Waals surface area contributed by atoms with Crippen LogP contribution in [0.2, 0.25) is 0 Å². The van der Waals surface area contributed by atoms with Crippen molar-refractivity contribution in [1.82, 2.24) is 5.32 Å². The molecule has 0 aliphatic rings. The van der Waals surface area contributed by atoms with Crippen LogP contribution >= 0.6 is 11.3 Å². The van der Waals surface area contributed by atoms with Crippen molar-refractivity contribution in [2.75, 3.05) is 0 Å². The molecule has 0 saturated carbocycles. The molecule has 0 spiro atoms. The first-order valence-electron chi connectivity index (χ1n) is 6.60. The number of carboxylic acids is 1. The number of aryl methyl sites for hydroxylation is 2. The van der Waals surface area contributed by atoms with Crippen LogP contribution < -0.4 is 5.32 Å². The number of thiophene rings is 1. The lowest BCUT2D eigenvalue weighted by Crippen LogP contribution is -2.24. The lowest BCUT2D eigenvalue weighted by molar-refractivity contribution is -0.120. The molecule has 0 radical (unpaired) electrons. The van der Waals surface area contributed by atoms with Crippen molar-refractivity contribution in [1.29, 1.82) is 0 Å². The van der Waals surface area contributed by atoms with E-state index in [1.165, 1.54) is 11.3 Å². The number of amides is 1. The van der Waals surface area contributed by atoms with E-state index in [9.17, 15) is 9.59 Å². The Bertz CT molecular complexity index is 676. The van der Waals surface area contributed by atoms with E-state index in [0.717, 1.165) is 21.6 Å². The van der Waals surface area contributed by atoms with E-state index in [1.807, 2.05) is 32.0 Å². The second kappa shape index (κ2) is 6.54. The fraction of sp³-hybridized carbons (Fsp3) is 0.250. The highest BCUT2D eigenvalue weighted by Crippen LogP contribution is 2.16. The maximum absolute atomic E-state index is 12.0. The van der Waals surface area contributed by atoms with Crippen molar-refractivity contribution in [3.05, 3.63) is 56.8 Å². The maximum atomic E-state index is 12.0. The molecule has 2 N–H and O–H groups in total. The molecule has 0 aliphatic heterocycles. The van der Waals surface area contributed by atoms with Crippen LogP contribution in [0.4, 0.5) is 0 Å². The summed E-state index contributed by atoms with van der Waals surface area (Å²) in [5, 5.41) is 11.7. The smallest absolute Gasteiger partial charge is 0.345 e. The SMILES string of the molecule is Cc1ccc(C)c(CC(=O)NCc2ccc(C(=O)O)s2)c1.